The van der Waals surface area contributed by atoms with E-state index < -0.39 is 23.6 Å². The number of rotatable bonds is 4. The van der Waals surface area contributed by atoms with Crippen molar-refractivity contribution in [3.8, 4) is 11.1 Å². The number of amides is 1. The number of fused-ring (bicyclic) bond motifs is 1. The molecule has 3 aromatic carbocycles. The molecule has 0 bridgehead atoms. The quantitative estimate of drug-likeness (QED) is 0.385. The van der Waals surface area contributed by atoms with Gasteiger partial charge >= 0.3 is 12.1 Å². The third-order valence-corrected chi connectivity index (χ3v) is 5.21. The van der Waals surface area contributed by atoms with Gasteiger partial charge in [-0.15, -0.1) is 0 Å². The number of nitrogens with zero attached hydrogens (tertiary/aromatic N) is 1. The molecule has 0 atom stereocenters. The van der Waals surface area contributed by atoms with E-state index in [-0.39, 0.29) is 57.1 Å². The van der Waals surface area contributed by atoms with Crippen molar-refractivity contribution in [2.75, 3.05) is 5.32 Å². The molecular formula is C24H17F3KN2O3. The van der Waals surface area contributed by atoms with Gasteiger partial charge in [0.05, 0.1) is 5.56 Å². The van der Waals surface area contributed by atoms with Gasteiger partial charge in [-0.25, -0.2) is 4.79 Å². The SMILES string of the molecule is Cn1c(C(=O)O)cc2cc(NC(=O)c3ccccc3-c3ccc(C(F)(F)F)cc3)ccc21.[K]. The third-order valence-electron chi connectivity index (χ3n) is 5.21. The predicted molar refractivity (Wildman–Crippen MR) is 120 cm³/mol. The Hall–Kier alpha value is -2.43. The molecule has 0 saturated carbocycles. The van der Waals surface area contributed by atoms with Crippen LogP contribution in [-0.2, 0) is 13.2 Å². The summed E-state index contributed by atoms with van der Waals surface area (Å²) in [5, 5.41) is 12.7. The fraction of sp³-hybridized carbons (Fsp3) is 0.0833. The molecule has 9 heteroatoms. The maximum absolute atomic E-state index is 13.0. The van der Waals surface area contributed by atoms with Crippen molar-refractivity contribution in [3.63, 3.8) is 0 Å². The maximum Gasteiger partial charge on any atom is 0.416 e. The zero-order valence-electron chi connectivity index (χ0n) is 17.8. The topological polar surface area (TPSA) is 71.3 Å². The van der Waals surface area contributed by atoms with Gasteiger partial charge < -0.3 is 15.0 Å². The average Bonchev–Trinajstić information content (AvgIpc) is 3.09. The number of benzene rings is 3. The van der Waals surface area contributed by atoms with Crippen LogP contribution in [0.1, 0.15) is 26.4 Å². The van der Waals surface area contributed by atoms with Gasteiger partial charge in [-0.05, 0) is 53.6 Å². The molecule has 0 spiro atoms. The second-order valence-corrected chi connectivity index (χ2v) is 7.24. The monoisotopic (exact) mass is 477 g/mol. The zero-order chi connectivity index (χ0) is 23.0. The van der Waals surface area contributed by atoms with Crippen molar-refractivity contribution < 1.29 is 27.9 Å². The van der Waals surface area contributed by atoms with Gasteiger partial charge in [0.15, 0.2) is 0 Å². The summed E-state index contributed by atoms with van der Waals surface area (Å²) in [6, 6.07) is 17.8. The molecule has 0 unspecified atom stereocenters. The van der Waals surface area contributed by atoms with Gasteiger partial charge in [0.2, 0.25) is 0 Å². The summed E-state index contributed by atoms with van der Waals surface area (Å²) in [6.45, 7) is 0. The summed E-state index contributed by atoms with van der Waals surface area (Å²) >= 11 is 0. The molecular weight excluding hydrogens is 460 g/mol. The van der Waals surface area contributed by atoms with Crippen LogP contribution >= 0.6 is 0 Å². The molecule has 1 radical (unpaired) electrons. The first kappa shape index (κ1) is 25.2. The van der Waals surface area contributed by atoms with Crippen LogP contribution in [0.4, 0.5) is 18.9 Å². The van der Waals surface area contributed by atoms with Gasteiger partial charge in [0.25, 0.3) is 5.91 Å². The number of aromatic carboxylic acids is 1. The van der Waals surface area contributed by atoms with E-state index in [4.69, 9.17) is 0 Å². The number of carboxylic acid groups (broad SMARTS) is 1. The molecule has 0 saturated heterocycles. The van der Waals surface area contributed by atoms with Crippen LogP contribution in [0.2, 0.25) is 0 Å². The number of alkyl halides is 3. The molecule has 163 valence electrons. The summed E-state index contributed by atoms with van der Waals surface area (Å²) in [6.07, 6.45) is -4.44. The minimum absolute atomic E-state index is 0. The van der Waals surface area contributed by atoms with Gasteiger partial charge in [0, 0.05) is 80.6 Å². The largest absolute Gasteiger partial charge is 0.477 e. The molecule has 0 aliphatic rings. The third kappa shape index (κ3) is 5.23. The molecule has 1 amide bonds. The van der Waals surface area contributed by atoms with E-state index in [0.717, 1.165) is 12.1 Å². The molecule has 1 heterocycles. The van der Waals surface area contributed by atoms with E-state index in [1.165, 1.54) is 18.2 Å². The van der Waals surface area contributed by atoms with E-state index in [2.05, 4.69) is 5.32 Å². The standard InChI is InChI=1S/C24H17F3N2O3.K/c1-29-20-11-10-17(12-15(20)13-21(29)23(31)32)28-22(30)19-5-3-2-4-18(19)14-6-8-16(9-7-14)24(25,26)27;/h2-13H,1H3,(H,28,30)(H,31,32);. The Morgan fingerprint density at radius 1 is 0.939 bits per heavy atom. The number of aromatic nitrogens is 1. The predicted octanol–water partition coefficient (Wildman–Crippen LogP) is 5.43. The molecule has 2 N–H and O–H groups in total. The Balaban J connectivity index is 0.00000306. The number of hydrogen-bond donors (Lipinski definition) is 2. The van der Waals surface area contributed by atoms with E-state index in [9.17, 15) is 27.9 Å². The van der Waals surface area contributed by atoms with Crippen LogP contribution in [0.25, 0.3) is 22.0 Å². The Bertz CT molecular complexity index is 1350. The minimum atomic E-state index is -4.44. The average molecular weight is 478 g/mol. The number of carbonyl (C=O) groups is 2. The molecule has 0 aliphatic carbocycles. The Morgan fingerprint density at radius 2 is 1.61 bits per heavy atom. The molecule has 1 aromatic heterocycles. The number of halogens is 3. The smallest absolute Gasteiger partial charge is 0.416 e. The van der Waals surface area contributed by atoms with Crippen molar-refractivity contribution >= 4 is 79.9 Å². The van der Waals surface area contributed by atoms with Crippen LogP contribution in [0.5, 0.6) is 0 Å². The van der Waals surface area contributed by atoms with Crippen LogP contribution < -0.4 is 5.32 Å². The van der Waals surface area contributed by atoms with Crippen LogP contribution in [0.15, 0.2) is 72.8 Å². The van der Waals surface area contributed by atoms with E-state index in [0.29, 0.717) is 33.3 Å². The van der Waals surface area contributed by atoms with E-state index in [1.54, 1.807) is 54.1 Å². The zero-order valence-corrected chi connectivity index (χ0v) is 20.9. The number of carbonyl (C=O) groups excluding carboxylic acids is 1. The first-order valence-corrected chi connectivity index (χ1v) is 9.56. The van der Waals surface area contributed by atoms with Crippen molar-refractivity contribution in [3.05, 3.63) is 89.6 Å². The number of aryl methyl sites for hydroxylation is 1. The van der Waals surface area contributed by atoms with Crippen LogP contribution in [0.3, 0.4) is 0 Å². The molecule has 5 nitrogen and oxygen atoms in total. The second-order valence-electron chi connectivity index (χ2n) is 7.24. The Kier molecular flexibility index (Phi) is 7.50. The van der Waals surface area contributed by atoms with Crippen molar-refractivity contribution in [2.45, 2.75) is 6.18 Å². The fourth-order valence-corrected chi connectivity index (χ4v) is 3.60. The number of carboxylic acids is 1. The summed E-state index contributed by atoms with van der Waals surface area (Å²) in [4.78, 5) is 24.3. The van der Waals surface area contributed by atoms with E-state index in [1.807, 2.05) is 0 Å². The fourth-order valence-electron chi connectivity index (χ4n) is 3.60. The molecule has 0 fully saturated rings. The van der Waals surface area contributed by atoms with E-state index >= 15 is 0 Å². The van der Waals surface area contributed by atoms with Crippen molar-refractivity contribution in [1.82, 2.24) is 4.57 Å². The molecule has 4 rings (SSSR count). The minimum Gasteiger partial charge on any atom is -0.477 e. The normalized spacial score (nSPS) is 11.2. The Morgan fingerprint density at radius 3 is 2.24 bits per heavy atom. The van der Waals surface area contributed by atoms with Gasteiger partial charge in [-0.1, -0.05) is 30.3 Å². The second kappa shape index (κ2) is 9.82. The van der Waals surface area contributed by atoms with Crippen molar-refractivity contribution in [1.29, 1.82) is 0 Å². The van der Waals surface area contributed by atoms with Gasteiger partial charge in [0.1, 0.15) is 5.69 Å². The Labute approximate surface area is 229 Å². The summed E-state index contributed by atoms with van der Waals surface area (Å²) in [7, 11) is 1.64. The molecule has 4 aromatic rings. The number of hydrogen-bond acceptors (Lipinski definition) is 2. The molecule has 0 aliphatic heterocycles. The van der Waals surface area contributed by atoms with Gasteiger partial charge in [-0.2, -0.15) is 13.2 Å². The molecule has 33 heavy (non-hydrogen) atoms. The summed E-state index contributed by atoms with van der Waals surface area (Å²) < 4.78 is 40.1. The van der Waals surface area contributed by atoms with Gasteiger partial charge in [-0.3, -0.25) is 4.79 Å². The summed E-state index contributed by atoms with van der Waals surface area (Å²) in [5.41, 5.74) is 1.79. The summed E-state index contributed by atoms with van der Waals surface area (Å²) in [5.74, 6) is -1.49. The number of anilines is 1. The van der Waals surface area contributed by atoms with Crippen LogP contribution in [-0.4, -0.2) is 72.9 Å². The maximum atomic E-state index is 13.0. The number of nitrogens with one attached hydrogen (secondary N) is 1. The first-order chi connectivity index (χ1) is 15.1. The van der Waals surface area contributed by atoms with Crippen molar-refractivity contribution in [2.24, 2.45) is 7.05 Å². The van der Waals surface area contributed by atoms with Crippen LogP contribution in [0, 0.1) is 0 Å². The first-order valence-electron chi connectivity index (χ1n) is 9.56.